The third-order valence-corrected chi connectivity index (χ3v) is 3.52. The molecule has 1 unspecified atom stereocenters. The van der Waals surface area contributed by atoms with Crippen LogP contribution in [-0.2, 0) is 0 Å². The van der Waals surface area contributed by atoms with Gasteiger partial charge in [-0.2, -0.15) is 0 Å². The lowest BCUT2D eigenvalue weighted by molar-refractivity contribution is 0.832. The third-order valence-electron chi connectivity index (χ3n) is 3.52. The van der Waals surface area contributed by atoms with Gasteiger partial charge in [-0.3, -0.25) is 4.98 Å². The summed E-state index contributed by atoms with van der Waals surface area (Å²) in [6.45, 7) is 2.08. The number of benzene rings is 2. The van der Waals surface area contributed by atoms with Crippen LogP contribution in [0.1, 0.15) is 22.9 Å². The average molecular weight is 248 g/mol. The van der Waals surface area contributed by atoms with Gasteiger partial charge in [-0.15, -0.1) is 0 Å². The first-order valence-corrected chi connectivity index (χ1v) is 6.42. The molecule has 3 rings (SSSR count). The number of nitrogens with two attached hydrogens (primary N) is 1. The molecular formula is C17H16N2. The predicted octanol–water partition coefficient (Wildman–Crippen LogP) is 3.59. The highest BCUT2D eigenvalue weighted by Gasteiger charge is 2.14. The van der Waals surface area contributed by atoms with Gasteiger partial charge in [-0.1, -0.05) is 48.5 Å². The molecule has 0 amide bonds. The molecule has 0 aliphatic heterocycles. The van der Waals surface area contributed by atoms with Crippen molar-refractivity contribution in [2.24, 2.45) is 5.73 Å². The summed E-state index contributed by atoms with van der Waals surface area (Å²) in [7, 11) is 0. The fourth-order valence-electron chi connectivity index (χ4n) is 2.47. The van der Waals surface area contributed by atoms with E-state index in [1.165, 1.54) is 10.9 Å². The molecule has 0 saturated heterocycles. The predicted molar refractivity (Wildman–Crippen MR) is 79.0 cm³/mol. The Kier molecular flexibility index (Phi) is 3.02. The Bertz CT molecular complexity index is 714. The summed E-state index contributed by atoms with van der Waals surface area (Å²) >= 11 is 0. The highest BCUT2D eigenvalue weighted by Crippen LogP contribution is 2.26. The van der Waals surface area contributed by atoms with Crippen LogP contribution in [0.5, 0.6) is 0 Å². The number of hydrogen-bond acceptors (Lipinski definition) is 2. The quantitative estimate of drug-likeness (QED) is 0.752. The van der Waals surface area contributed by atoms with Crippen molar-refractivity contribution < 1.29 is 0 Å². The Morgan fingerprint density at radius 1 is 0.947 bits per heavy atom. The van der Waals surface area contributed by atoms with E-state index < -0.39 is 0 Å². The Morgan fingerprint density at radius 2 is 1.68 bits per heavy atom. The molecule has 0 aliphatic rings. The van der Waals surface area contributed by atoms with Gasteiger partial charge in [-0.05, 0) is 29.5 Å². The van der Waals surface area contributed by atoms with Crippen molar-refractivity contribution in [2.75, 3.05) is 0 Å². The smallest absolute Gasteiger partial charge is 0.0735 e. The number of nitrogens with zero attached hydrogens (tertiary/aromatic N) is 1. The molecule has 0 bridgehead atoms. The molecule has 0 radical (unpaired) electrons. The van der Waals surface area contributed by atoms with Gasteiger partial charge in [0, 0.05) is 11.6 Å². The summed E-state index contributed by atoms with van der Waals surface area (Å²) < 4.78 is 0. The lowest BCUT2D eigenvalue weighted by Gasteiger charge is -2.16. The maximum atomic E-state index is 6.42. The SMILES string of the molecule is Cc1ccccc1C(N)c1nccc2ccccc12. The van der Waals surface area contributed by atoms with Gasteiger partial charge in [0.1, 0.15) is 0 Å². The highest BCUT2D eigenvalue weighted by molar-refractivity contribution is 5.85. The van der Waals surface area contributed by atoms with Crippen LogP contribution in [0.15, 0.2) is 60.8 Å². The molecular weight excluding hydrogens is 232 g/mol. The van der Waals surface area contributed by atoms with E-state index in [4.69, 9.17) is 5.73 Å². The van der Waals surface area contributed by atoms with Crippen molar-refractivity contribution >= 4 is 10.8 Å². The molecule has 94 valence electrons. The Morgan fingerprint density at radius 3 is 2.53 bits per heavy atom. The molecule has 1 heterocycles. The number of pyridine rings is 1. The fourth-order valence-corrected chi connectivity index (χ4v) is 2.47. The monoisotopic (exact) mass is 248 g/mol. The van der Waals surface area contributed by atoms with Crippen molar-refractivity contribution in [1.82, 2.24) is 4.98 Å². The van der Waals surface area contributed by atoms with E-state index in [9.17, 15) is 0 Å². The lowest BCUT2D eigenvalue weighted by atomic mass is 9.96. The number of rotatable bonds is 2. The van der Waals surface area contributed by atoms with Crippen LogP contribution in [0.25, 0.3) is 10.8 Å². The zero-order chi connectivity index (χ0) is 13.2. The fraction of sp³-hybridized carbons (Fsp3) is 0.118. The van der Waals surface area contributed by atoms with E-state index in [1.54, 1.807) is 0 Å². The summed E-state index contributed by atoms with van der Waals surface area (Å²) in [5.74, 6) is 0. The second-order valence-corrected chi connectivity index (χ2v) is 4.75. The standard InChI is InChI=1S/C17H16N2/c1-12-6-2-4-8-14(12)16(18)17-15-9-5-3-7-13(15)10-11-19-17/h2-11,16H,18H2,1H3. The topological polar surface area (TPSA) is 38.9 Å². The highest BCUT2D eigenvalue weighted by atomic mass is 14.8. The van der Waals surface area contributed by atoms with Crippen molar-refractivity contribution in [1.29, 1.82) is 0 Å². The molecule has 1 atom stereocenters. The zero-order valence-corrected chi connectivity index (χ0v) is 10.9. The van der Waals surface area contributed by atoms with Crippen LogP contribution in [0.3, 0.4) is 0 Å². The van der Waals surface area contributed by atoms with Gasteiger partial charge in [-0.25, -0.2) is 0 Å². The van der Waals surface area contributed by atoms with Crippen LogP contribution in [-0.4, -0.2) is 4.98 Å². The molecule has 3 aromatic rings. The zero-order valence-electron chi connectivity index (χ0n) is 10.9. The Hall–Kier alpha value is -2.19. The van der Waals surface area contributed by atoms with Crippen molar-refractivity contribution in [3.8, 4) is 0 Å². The van der Waals surface area contributed by atoms with Crippen LogP contribution in [0, 0.1) is 6.92 Å². The van der Waals surface area contributed by atoms with E-state index >= 15 is 0 Å². The van der Waals surface area contributed by atoms with E-state index in [2.05, 4.69) is 36.2 Å². The van der Waals surface area contributed by atoms with E-state index in [0.29, 0.717) is 0 Å². The second kappa shape index (κ2) is 4.82. The molecule has 0 fully saturated rings. The van der Waals surface area contributed by atoms with Crippen LogP contribution in [0.4, 0.5) is 0 Å². The molecule has 2 heteroatoms. The van der Waals surface area contributed by atoms with Gasteiger partial charge < -0.3 is 5.73 Å². The number of hydrogen-bond donors (Lipinski definition) is 1. The lowest BCUT2D eigenvalue weighted by Crippen LogP contribution is -2.15. The molecule has 0 aliphatic carbocycles. The van der Waals surface area contributed by atoms with E-state index in [1.807, 2.05) is 36.5 Å². The Labute approximate surface area is 112 Å². The van der Waals surface area contributed by atoms with Gasteiger partial charge in [0.2, 0.25) is 0 Å². The maximum absolute atomic E-state index is 6.42. The first-order valence-electron chi connectivity index (χ1n) is 6.42. The van der Waals surface area contributed by atoms with Crippen molar-refractivity contribution in [3.63, 3.8) is 0 Å². The van der Waals surface area contributed by atoms with Crippen LogP contribution < -0.4 is 5.73 Å². The third kappa shape index (κ3) is 2.11. The van der Waals surface area contributed by atoms with Gasteiger partial charge in [0.15, 0.2) is 0 Å². The summed E-state index contributed by atoms with van der Waals surface area (Å²) in [4.78, 5) is 4.50. The molecule has 2 N–H and O–H groups in total. The molecule has 1 aromatic heterocycles. The van der Waals surface area contributed by atoms with Crippen molar-refractivity contribution in [3.05, 3.63) is 77.6 Å². The minimum Gasteiger partial charge on any atom is -0.319 e. The molecule has 2 aromatic carbocycles. The second-order valence-electron chi connectivity index (χ2n) is 4.75. The number of aromatic nitrogens is 1. The number of aryl methyl sites for hydroxylation is 1. The average Bonchev–Trinajstić information content (AvgIpc) is 2.46. The van der Waals surface area contributed by atoms with Gasteiger partial charge in [0.25, 0.3) is 0 Å². The first-order chi connectivity index (χ1) is 9.27. The van der Waals surface area contributed by atoms with E-state index in [-0.39, 0.29) is 6.04 Å². The largest absolute Gasteiger partial charge is 0.319 e. The normalized spacial score (nSPS) is 12.5. The molecule has 19 heavy (non-hydrogen) atoms. The van der Waals surface area contributed by atoms with Gasteiger partial charge in [0.05, 0.1) is 11.7 Å². The summed E-state index contributed by atoms with van der Waals surface area (Å²) in [5, 5.41) is 2.30. The van der Waals surface area contributed by atoms with Crippen LogP contribution in [0.2, 0.25) is 0 Å². The summed E-state index contributed by atoms with van der Waals surface area (Å²) in [6, 6.07) is 18.3. The summed E-state index contributed by atoms with van der Waals surface area (Å²) in [6.07, 6.45) is 1.83. The molecule has 0 saturated carbocycles. The number of fused-ring (bicyclic) bond motifs is 1. The minimum atomic E-state index is -0.188. The molecule has 2 nitrogen and oxygen atoms in total. The molecule has 0 spiro atoms. The van der Waals surface area contributed by atoms with E-state index in [0.717, 1.165) is 16.6 Å². The Balaban J connectivity index is 2.17. The van der Waals surface area contributed by atoms with Crippen LogP contribution >= 0.6 is 0 Å². The minimum absolute atomic E-state index is 0.188. The first kappa shape index (κ1) is 11.9. The van der Waals surface area contributed by atoms with Crippen molar-refractivity contribution in [2.45, 2.75) is 13.0 Å². The van der Waals surface area contributed by atoms with Gasteiger partial charge >= 0.3 is 0 Å². The maximum Gasteiger partial charge on any atom is 0.0735 e. The summed E-state index contributed by atoms with van der Waals surface area (Å²) in [5.41, 5.74) is 9.69.